The van der Waals surface area contributed by atoms with E-state index >= 15 is 0 Å². The summed E-state index contributed by atoms with van der Waals surface area (Å²) in [5.41, 5.74) is 5.33. The van der Waals surface area contributed by atoms with Gasteiger partial charge < -0.3 is 5.73 Å². The van der Waals surface area contributed by atoms with Crippen LogP contribution in [0.15, 0.2) is 0 Å². The molecule has 0 saturated carbocycles. The SMILES string of the molecule is NCCSC1CSC1. The fourth-order valence-electron chi connectivity index (χ4n) is 0.545. The van der Waals surface area contributed by atoms with Crippen LogP contribution < -0.4 is 5.73 Å². The molecular weight excluding hydrogens is 138 g/mol. The fourth-order valence-corrected chi connectivity index (χ4v) is 2.79. The van der Waals surface area contributed by atoms with E-state index in [2.05, 4.69) is 0 Å². The minimum atomic E-state index is 0.839. The van der Waals surface area contributed by atoms with Crippen molar-refractivity contribution >= 4 is 23.5 Å². The molecule has 1 saturated heterocycles. The molecule has 3 heteroatoms. The molecule has 0 aromatic heterocycles. The normalized spacial score (nSPS) is 20.6. The van der Waals surface area contributed by atoms with Gasteiger partial charge in [0.05, 0.1) is 0 Å². The summed E-state index contributed by atoms with van der Waals surface area (Å²) in [6.45, 7) is 0.839. The van der Waals surface area contributed by atoms with Gasteiger partial charge in [-0.15, -0.1) is 0 Å². The lowest BCUT2D eigenvalue weighted by Gasteiger charge is -2.23. The maximum atomic E-state index is 5.33. The predicted molar refractivity (Wildman–Crippen MR) is 42.6 cm³/mol. The van der Waals surface area contributed by atoms with Gasteiger partial charge in [-0.3, -0.25) is 0 Å². The molecule has 0 unspecified atom stereocenters. The van der Waals surface area contributed by atoms with Gasteiger partial charge in [0.25, 0.3) is 0 Å². The molecule has 1 rings (SSSR count). The molecule has 48 valence electrons. The summed E-state index contributed by atoms with van der Waals surface area (Å²) in [6.07, 6.45) is 0. The van der Waals surface area contributed by atoms with Crippen LogP contribution in [-0.4, -0.2) is 29.1 Å². The number of hydrogen-bond acceptors (Lipinski definition) is 3. The lowest BCUT2D eigenvalue weighted by Crippen LogP contribution is -2.22. The Morgan fingerprint density at radius 2 is 2.38 bits per heavy atom. The highest BCUT2D eigenvalue weighted by Gasteiger charge is 2.16. The molecule has 0 aromatic rings. The van der Waals surface area contributed by atoms with Gasteiger partial charge in [0.15, 0.2) is 0 Å². The summed E-state index contributed by atoms with van der Waals surface area (Å²) in [7, 11) is 0. The standard InChI is InChI=1S/C5H11NS2/c6-1-2-8-5-3-7-4-5/h5H,1-4,6H2. The highest BCUT2D eigenvalue weighted by atomic mass is 32.2. The van der Waals surface area contributed by atoms with Gasteiger partial charge in [-0.1, -0.05) is 0 Å². The first-order valence-corrected chi connectivity index (χ1v) is 5.03. The van der Waals surface area contributed by atoms with E-state index in [0.717, 1.165) is 17.5 Å². The molecule has 0 atom stereocenters. The zero-order chi connectivity index (χ0) is 5.82. The molecule has 1 aliphatic rings. The van der Waals surface area contributed by atoms with Crippen LogP contribution in [0.1, 0.15) is 0 Å². The first kappa shape index (κ1) is 6.78. The Hall–Kier alpha value is 0.660. The summed E-state index contributed by atoms with van der Waals surface area (Å²) >= 11 is 4.05. The molecule has 1 heterocycles. The molecule has 1 aliphatic heterocycles. The van der Waals surface area contributed by atoms with Crippen molar-refractivity contribution in [3.8, 4) is 0 Å². The van der Waals surface area contributed by atoms with Crippen LogP contribution in [0.2, 0.25) is 0 Å². The van der Waals surface area contributed by atoms with Gasteiger partial charge in [-0.05, 0) is 0 Å². The molecule has 0 amide bonds. The number of hydrogen-bond donors (Lipinski definition) is 1. The van der Waals surface area contributed by atoms with E-state index < -0.39 is 0 Å². The van der Waals surface area contributed by atoms with Crippen molar-refractivity contribution in [2.75, 3.05) is 23.8 Å². The van der Waals surface area contributed by atoms with E-state index in [1.807, 2.05) is 23.5 Å². The summed E-state index contributed by atoms with van der Waals surface area (Å²) in [5.74, 6) is 3.85. The van der Waals surface area contributed by atoms with Crippen LogP contribution in [0, 0.1) is 0 Å². The highest BCUT2D eigenvalue weighted by Crippen LogP contribution is 2.28. The van der Waals surface area contributed by atoms with Gasteiger partial charge in [0, 0.05) is 29.1 Å². The van der Waals surface area contributed by atoms with E-state index in [0.29, 0.717) is 0 Å². The molecule has 1 nitrogen and oxygen atoms in total. The van der Waals surface area contributed by atoms with Crippen LogP contribution in [0.3, 0.4) is 0 Å². The number of nitrogens with two attached hydrogens (primary N) is 1. The molecule has 0 aliphatic carbocycles. The van der Waals surface area contributed by atoms with Gasteiger partial charge in [0.2, 0.25) is 0 Å². The minimum Gasteiger partial charge on any atom is -0.330 e. The van der Waals surface area contributed by atoms with Crippen molar-refractivity contribution in [3.05, 3.63) is 0 Å². The van der Waals surface area contributed by atoms with Crippen molar-refractivity contribution in [1.82, 2.24) is 0 Å². The second-order valence-corrected chi connectivity index (χ2v) is 4.30. The zero-order valence-corrected chi connectivity index (χ0v) is 6.43. The van der Waals surface area contributed by atoms with Crippen LogP contribution in [0.5, 0.6) is 0 Å². The van der Waals surface area contributed by atoms with E-state index in [4.69, 9.17) is 5.73 Å². The molecule has 2 N–H and O–H groups in total. The van der Waals surface area contributed by atoms with Crippen LogP contribution in [0.25, 0.3) is 0 Å². The fraction of sp³-hybridized carbons (Fsp3) is 1.00. The van der Waals surface area contributed by atoms with Gasteiger partial charge in [-0.2, -0.15) is 23.5 Å². The second kappa shape index (κ2) is 3.64. The third-order valence-corrected chi connectivity index (χ3v) is 4.05. The highest BCUT2D eigenvalue weighted by molar-refractivity contribution is 8.07. The smallest absolute Gasteiger partial charge is 0.0229 e. The Bertz CT molecular complexity index is 63.4. The molecule has 0 spiro atoms. The van der Waals surface area contributed by atoms with Gasteiger partial charge in [0.1, 0.15) is 0 Å². The average molecular weight is 149 g/mol. The van der Waals surface area contributed by atoms with Crippen LogP contribution >= 0.6 is 23.5 Å². The molecule has 1 fully saturated rings. The maximum absolute atomic E-state index is 5.33. The monoisotopic (exact) mass is 149 g/mol. The lowest BCUT2D eigenvalue weighted by molar-refractivity contribution is 1.07. The maximum Gasteiger partial charge on any atom is 0.0229 e. The molecule has 0 bridgehead atoms. The quantitative estimate of drug-likeness (QED) is 0.642. The Morgan fingerprint density at radius 3 is 2.75 bits per heavy atom. The van der Waals surface area contributed by atoms with Crippen LogP contribution in [-0.2, 0) is 0 Å². The van der Waals surface area contributed by atoms with Crippen molar-refractivity contribution < 1.29 is 0 Å². The minimum absolute atomic E-state index is 0.839. The van der Waals surface area contributed by atoms with Crippen LogP contribution in [0.4, 0.5) is 0 Å². The van der Waals surface area contributed by atoms with E-state index in [9.17, 15) is 0 Å². The number of rotatable bonds is 3. The van der Waals surface area contributed by atoms with E-state index in [1.165, 1.54) is 11.5 Å². The summed E-state index contributed by atoms with van der Waals surface area (Å²) < 4.78 is 0. The summed E-state index contributed by atoms with van der Waals surface area (Å²) in [5, 5.41) is 0.934. The molecule has 0 radical (unpaired) electrons. The van der Waals surface area contributed by atoms with Gasteiger partial charge >= 0.3 is 0 Å². The number of thioether (sulfide) groups is 2. The summed E-state index contributed by atoms with van der Waals surface area (Å²) in [6, 6.07) is 0. The van der Waals surface area contributed by atoms with Crippen molar-refractivity contribution in [2.24, 2.45) is 5.73 Å². The summed E-state index contributed by atoms with van der Waals surface area (Å²) in [4.78, 5) is 0. The Labute approximate surface area is 58.8 Å². The van der Waals surface area contributed by atoms with Crippen molar-refractivity contribution in [1.29, 1.82) is 0 Å². The first-order chi connectivity index (χ1) is 3.93. The Balaban J connectivity index is 1.86. The predicted octanol–water partition coefficient (Wildman–Crippen LogP) is 0.794. The lowest BCUT2D eigenvalue weighted by atomic mass is 10.5. The second-order valence-electron chi connectivity index (χ2n) is 1.82. The van der Waals surface area contributed by atoms with Gasteiger partial charge in [-0.25, -0.2) is 0 Å². The van der Waals surface area contributed by atoms with E-state index in [1.54, 1.807) is 0 Å². The topological polar surface area (TPSA) is 26.0 Å². The van der Waals surface area contributed by atoms with E-state index in [-0.39, 0.29) is 0 Å². The molecule has 8 heavy (non-hydrogen) atoms. The zero-order valence-electron chi connectivity index (χ0n) is 4.80. The first-order valence-electron chi connectivity index (χ1n) is 2.83. The Kier molecular flexibility index (Phi) is 3.08. The average Bonchev–Trinajstić information content (AvgIpc) is 1.63. The van der Waals surface area contributed by atoms with Crippen molar-refractivity contribution in [3.63, 3.8) is 0 Å². The third kappa shape index (κ3) is 1.88. The molecular formula is C5H11NS2. The largest absolute Gasteiger partial charge is 0.330 e. The van der Waals surface area contributed by atoms with Crippen molar-refractivity contribution in [2.45, 2.75) is 5.25 Å². The Morgan fingerprint density at radius 1 is 1.62 bits per heavy atom. The third-order valence-electron chi connectivity index (χ3n) is 1.08. The molecule has 0 aromatic carbocycles.